The molecule has 9 heteroatoms. The fraction of sp³-hybridized carbons (Fsp3) is 0.500. The largest absolute Gasteiger partial charge is 0.368 e. The number of piperazine rings is 1. The van der Waals surface area contributed by atoms with E-state index in [0.29, 0.717) is 36.2 Å². The van der Waals surface area contributed by atoms with Crippen molar-refractivity contribution in [3.05, 3.63) is 27.7 Å². The zero-order valence-corrected chi connectivity index (χ0v) is 16.8. The normalized spacial score (nSPS) is 20.3. The highest BCUT2D eigenvalue weighted by molar-refractivity contribution is 6.42. The lowest BCUT2D eigenvalue weighted by Crippen LogP contribution is -2.49. The Hall–Kier alpha value is -1.99. The summed E-state index contributed by atoms with van der Waals surface area (Å²) in [5.41, 5.74) is 2.07. The molecule has 1 atom stereocenters. The molecule has 146 valence electrons. The minimum Gasteiger partial charge on any atom is -0.368 e. The third kappa shape index (κ3) is 4.14. The monoisotopic (exact) mass is 412 g/mol. The number of rotatable bonds is 4. The van der Waals surface area contributed by atoms with E-state index in [1.807, 2.05) is 19.1 Å². The maximum atomic E-state index is 12.5. The molecule has 1 unspecified atom stereocenters. The summed E-state index contributed by atoms with van der Waals surface area (Å²) in [6, 6.07) is 2.75. The van der Waals surface area contributed by atoms with E-state index in [0.717, 1.165) is 11.3 Å². The van der Waals surface area contributed by atoms with Crippen LogP contribution in [0.3, 0.4) is 0 Å². The number of amides is 4. The summed E-state index contributed by atoms with van der Waals surface area (Å²) in [6.45, 7) is 6.47. The number of benzene rings is 1. The molecule has 0 aliphatic carbocycles. The van der Waals surface area contributed by atoms with Crippen LogP contribution in [0.5, 0.6) is 0 Å². The number of halogens is 2. The van der Waals surface area contributed by atoms with Crippen molar-refractivity contribution in [1.29, 1.82) is 0 Å². The Morgan fingerprint density at radius 3 is 2.37 bits per heavy atom. The van der Waals surface area contributed by atoms with Crippen LogP contribution in [-0.2, 0) is 9.59 Å². The smallest absolute Gasteiger partial charge is 0.324 e. The quantitative estimate of drug-likeness (QED) is 0.769. The lowest BCUT2D eigenvalue weighted by atomic mass is 10.1. The van der Waals surface area contributed by atoms with Gasteiger partial charge in [-0.05, 0) is 31.5 Å². The Balaban J connectivity index is 1.53. The number of nitrogens with one attached hydrogen (secondary N) is 1. The molecule has 27 heavy (non-hydrogen) atoms. The minimum atomic E-state index is -0.528. The molecule has 1 aromatic rings. The standard InChI is InChI=1S/C18H22Cl2N4O3/c1-11-9-13(19)14(20)10-15(11)22-5-7-23(8-6-22)16(25)3-4-24-12(2)17(26)21-18(24)27/h9-10,12H,3-8H2,1-2H3,(H,21,26,27). The van der Waals surface area contributed by atoms with E-state index < -0.39 is 12.1 Å². The molecule has 0 aromatic heterocycles. The summed E-state index contributed by atoms with van der Waals surface area (Å²) < 4.78 is 0. The third-order valence-corrected chi connectivity index (χ3v) is 5.84. The Kier molecular flexibility index (Phi) is 5.81. The van der Waals surface area contributed by atoms with Gasteiger partial charge in [0.05, 0.1) is 10.0 Å². The Bertz CT molecular complexity index is 778. The van der Waals surface area contributed by atoms with Crippen LogP contribution >= 0.6 is 23.2 Å². The van der Waals surface area contributed by atoms with Gasteiger partial charge in [0, 0.05) is 44.8 Å². The third-order valence-electron chi connectivity index (χ3n) is 5.12. The van der Waals surface area contributed by atoms with Gasteiger partial charge in [0.1, 0.15) is 6.04 Å². The van der Waals surface area contributed by atoms with Gasteiger partial charge in [-0.15, -0.1) is 0 Å². The first-order valence-electron chi connectivity index (χ1n) is 8.87. The van der Waals surface area contributed by atoms with E-state index in [9.17, 15) is 14.4 Å². The summed E-state index contributed by atoms with van der Waals surface area (Å²) in [5.74, 6) is -0.335. The highest BCUT2D eigenvalue weighted by Gasteiger charge is 2.35. The Morgan fingerprint density at radius 2 is 1.78 bits per heavy atom. The van der Waals surface area contributed by atoms with Gasteiger partial charge >= 0.3 is 6.03 Å². The average Bonchev–Trinajstić information content (AvgIpc) is 2.88. The van der Waals surface area contributed by atoms with Gasteiger partial charge in [-0.1, -0.05) is 23.2 Å². The fourth-order valence-electron chi connectivity index (χ4n) is 3.44. The van der Waals surface area contributed by atoms with Crippen molar-refractivity contribution < 1.29 is 14.4 Å². The SMILES string of the molecule is Cc1cc(Cl)c(Cl)cc1N1CCN(C(=O)CCN2C(=O)NC(=O)C2C)CC1. The number of hydrogen-bond acceptors (Lipinski definition) is 4. The topological polar surface area (TPSA) is 73.0 Å². The zero-order valence-electron chi connectivity index (χ0n) is 15.3. The van der Waals surface area contributed by atoms with Crippen LogP contribution in [0, 0.1) is 6.92 Å². The molecule has 2 saturated heterocycles. The van der Waals surface area contributed by atoms with Crippen LogP contribution in [0.2, 0.25) is 10.0 Å². The molecule has 2 aliphatic heterocycles. The predicted octanol–water partition coefficient (Wildman–Crippen LogP) is 2.28. The number of nitrogens with zero attached hydrogens (tertiary/aromatic N) is 3. The first-order valence-corrected chi connectivity index (χ1v) is 9.63. The number of imide groups is 1. The van der Waals surface area contributed by atoms with Crippen molar-refractivity contribution in [1.82, 2.24) is 15.1 Å². The molecule has 4 amide bonds. The maximum absolute atomic E-state index is 12.5. The Labute approximate surface area is 168 Å². The molecule has 1 aromatic carbocycles. The van der Waals surface area contributed by atoms with Gasteiger partial charge < -0.3 is 14.7 Å². The van der Waals surface area contributed by atoms with Crippen molar-refractivity contribution >= 4 is 46.7 Å². The minimum absolute atomic E-state index is 0.0140. The van der Waals surface area contributed by atoms with E-state index in [4.69, 9.17) is 23.2 Å². The molecule has 3 rings (SSSR count). The van der Waals surface area contributed by atoms with Gasteiger partial charge in [0.2, 0.25) is 5.91 Å². The average molecular weight is 413 g/mol. The molecular weight excluding hydrogens is 391 g/mol. The fourth-order valence-corrected chi connectivity index (χ4v) is 3.82. The van der Waals surface area contributed by atoms with E-state index in [-0.39, 0.29) is 24.8 Å². The molecular formula is C18H22Cl2N4O3. The van der Waals surface area contributed by atoms with E-state index in [1.54, 1.807) is 11.8 Å². The van der Waals surface area contributed by atoms with Crippen LogP contribution < -0.4 is 10.2 Å². The highest BCUT2D eigenvalue weighted by atomic mass is 35.5. The molecule has 2 aliphatic rings. The van der Waals surface area contributed by atoms with Crippen LogP contribution in [0.15, 0.2) is 12.1 Å². The molecule has 0 saturated carbocycles. The number of carbonyl (C=O) groups excluding carboxylic acids is 3. The maximum Gasteiger partial charge on any atom is 0.324 e. The van der Waals surface area contributed by atoms with Crippen LogP contribution in [0.1, 0.15) is 18.9 Å². The number of carbonyl (C=O) groups is 3. The zero-order chi connectivity index (χ0) is 19.7. The highest BCUT2D eigenvalue weighted by Crippen LogP contribution is 2.31. The van der Waals surface area contributed by atoms with Crippen LogP contribution in [0.25, 0.3) is 0 Å². The molecule has 0 bridgehead atoms. The molecule has 2 fully saturated rings. The number of anilines is 1. The number of urea groups is 1. The predicted molar refractivity (Wildman–Crippen MR) is 104 cm³/mol. The first-order chi connectivity index (χ1) is 12.8. The second kappa shape index (κ2) is 7.94. The lowest BCUT2D eigenvalue weighted by Gasteiger charge is -2.37. The number of aryl methyl sites for hydroxylation is 1. The molecule has 0 spiro atoms. The molecule has 7 nitrogen and oxygen atoms in total. The molecule has 0 radical (unpaired) electrons. The number of hydrogen-bond donors (Lipinski definition) is 1. The van der Waals surface area contributed by atoms with E-state index in [1.165, 1.54) is 4.90 Å². The van der Waals surface area contributed by atoms with Crippen molar-refractivity contribution in [2.75, 3.05) is 37.6 Å². The van der Waals surface area contributed by atoms with Gasteiger partial charge in [-0.2, -0.15) is 0 Å². The van der Waals surface area contributed by atoms with E-state index in [2.05, 4.69) is 10.2 Å². The summed E-state index contributed by atoms with van der Waals surface area (Å²) in [7, 11) is 0. The molecule has 2 heterocycles. The van der Waals surface area contributed by atoms with Gasteiger partial charge in [0.25, 0.3) is 5.91 Å². The summed E-state index contributed by atoms with van der Waals surface area (Å²) in [4.78, 5) is 41.1. The van der Waals surface area contributed by atoms with Crippen molar-refractivity contribution in [3.8, 4) is 0 Å². The van der Waals surface area contributed by atoms with Crippen LogP contribution in [-0.4, -0.2) is 66.4 Å². The van der Waals surface area contributed by atoms with Crippen molar-refractivity contribution in [2.24, 2.45) is 0 Å². The second-order valence-corrected chi connectivity index (χ2v) is 7.65. The molecule has 1 N–H and O–H groups in total. The van der Waals surface area contributed by atoms with E-state index >= 15 is 0 Å². The van der Waals surface area contributed by atoms with Gasteiger partial charge in [-0.25, -0.2) is 4.79 Å². The summed E-state index contributed by atoms with van der Waals surface area (Å²) in [6.07, 6.45) is 0.205. The summed E-state index contributed by atoms with van der Waals surface area (Å²) in [5, 5.41) is 3.30. The second-order valence-electron chi connectivity index (χ2n) is 6.83. The van der Waals surface area contributed by atoms with Crippen molar-refractivity contribution in [3.63, 3.8) is 0 Å². The Morgan fingerprint density at radius 1 is 1.15 bits per heavy atom. The van der Waals surface area contributed by atoms with Gasteiger partial charge in [0.15, 0.2) is 0 Å². The first kappa shape index (κ1) is 19.8. The lowest BCUT2D eigenvalue weighted by molar-refractivity contribution is -0.132. The van der Waals surface area contributed by atoms with Gasteiger partial charge in [-0.3, -0.25) is 14.9 Å². The van der Waals surface area contributed by atoms with Crippen molar-refractivity contribution in [2.45, 2.75) is 26.3 Å². The van der Waals surface area contributed by atoms with Crippen LogP contribution in [0.4, 0.5) is 10.5 Å². The summed E-state index contributed by atoms with van der Waals surface area (Å²) >= 11 is 12.2.